The van der Waals surface area contributed by atoms with Crippen LogP contribution in [0.5, 0.6) is 0 Å². The number of hydrogen-bond acceptors (Lipinski definition) is 2. The first-order valence-electron chi connectivity index (χ1n) is 7.74. The summed E-state index contributed by atoms with van der Waals surface area (Å²) in [5.74, 6) is 3.21. The normalized spacial score (nSPS) is 50.3. The summed E-state index contributed by atoms with van der Waals surface area (Å²) in [6.07, 6.45) is 9.79. The van der Waals surface area contributed by atoms with E-state index in [-0.39, 0.29) is 11.9 Å². The molecule has 1 atom stereocenters. The molecule has 0 aromatic carbocycles. The Balaban J connectivity index is 1.51. The van der Waals surface area contributed by atoms with Gasteiger partial charge in [-0.2, -0.15) is 0 Å². The second-order valence-corrected chi connectivity index (χ2v) is 7.42. The van der Waals surface area contributed by atoms with Crippen LogP contribution in [-0.4, -0.2) is 25.0 Å². The van der Waals surface area contributed by atoms with Gasteiger partial charge in [0.05, 0.1) is 6.04 Å². The van der Waals surface area contributed by atoms with Crippen LogP contribution in [0.4, 0.5) is 0 Å². The van der Waals surface area contributed by atoms with Crippen LogP contribution in [0.3, 0.4) is 0 Å². The summed E-state index contributed by atoms with van der Waals surface area (Å²) >= 11 is 0. The van der Waals surface area contributed by atoms with Gasteiger partial charge in [0, 0.05) is 13.1 Å². The molecule has 2 N–H and O–H groups in total. The second-order valence-electron chi connectivity index (χ2n) is 7.42. The van der Waals surface area contributed by atoms with Crippen LogP contribution in [0.2, 0.25) is 0 Å². The third kappa shape index (κ3) is 1.78. The smallest absolute Gasteiger partial charge is 0.237 e. The van der Waals surface area contributed by atoms with Crippen LogP contribution in [-0.2, 0) is 4.79 Å². The fourth-order valence-electron chi connectivity index (χ4n) is 5.79. The fraction of sp³-hybridized carbons (Fsp3) is 0.933. The van der Waals surface area contributed by atoms with E-state index in [9.17, 15) is 4.79 Å². The fourth-order valence-corrected chi connectivity index (χ4v) is 5.79. The minimum atomic E-state index is 0.0926. The lowest BCUT2D eigenvalue weighted by molar-refractivity contribution is -0.127. The van der Waals surface area contributed by atoms with Crippen molar-refractivity contribution in [2.75, 3.05) is 13.1 Å². The summed E-state index contributed by atoms with van der Waals surface area (Å²) in [6.45, 7) is 1.75. The summed E-state index contributed by atoms with van der Waals surface area (Å²) < 4.78 is 0. The molecule has 0 aromatic heterocycles. The maximum Gasteiger partial charge on any atom is 0.237 e. The van der Waals surface area contributed by atoms with Crippen molar-refractivity contribution in [2.45, 2.75) is 51.0 Å². The Morgan fingerprint density at radius 3 is 2.17 bits per heavy atom. The zero-order valence-electron chi connectivity index (χ0n) is 11.1. The molecule has 100 valence electrons. The highest BCUT2D eigenvalue weighted by Crippen LogP contribution is 2.61. The number of piperazine rings is 1. The molecule has 0 spiro atoms. The van der Waals surface area contributed by atoms with Gasteiger partial charge in [-0.25, -0.2) is 0 Å². The molecule has 5 aliphatic rings. The zero-order chi connectivity index (χ0) is 12.2. The Morgan fingerprint density at radius 1 is 1.00 bits per heavy atom. The highest BCUT2D eigenvalue weighted by atomic mass is 16.2. The van der Waals surface area contributed by atoms with E-state index < -0.39 is 0 Å². The first-order chi connectivity index (χ1) is 8.72. The SMILES string of the molecule is O=C1NCCNC1CC12CC3CC(CC(C3)C1)C2. The maximum absolute atomic E-state index is 11.9. The third-order valence-electron chi connectivity index (χ3n) is 5.93. The summed E-state index contributed by atoms with van der Waals surface area (Å²) in [6, 6.07) is 0.0926. The third-order valence-corrected chi connectivity index (χ3v) is 5.93. The van der Waals surface area contributed by atoms with E-state index in [2.05, 4.69) is 10.6 Å². The molecule has 4 saturated carbocycles. The van der Waals surface area contributed by atoms with E-state index >= 15 is 0 Å². The molecule has 4 bridgehead atoms. The maximum atomic E-state index is 11.9. The van der Waals surface area contributed by atoms with Crippen molar-refractivity contribution in [3.05, 3.63) is 0 Å². The Hall–Kier alpha value is -0.570. The molecule has 1 heterocycles. The van der Waals surface area contributed by atoms with Crippen LogP contribution in [0.1, 0.15) is 44.9 Å². The molecule has 5 rings (SSSR count). The largest absolute Gasteiger partial charge is 0.353 e. The van der Waals surface area contributed by atoms with E-state index in [1.807, 2.05) is 0 Å². The molecule has 3 heteroatoms. The van der Waals surface area contributed by atoms with Crippen LogP contribution in [0.15, 0.2) is 0 Å². The van der Waals surface area contributed by atoms with E-state index in [1.165, 1.54) is 38.5 Å². The van der Waals surface area contributed by atoms with Crippen molar-refractivity contribution < 1.29 is 4.79 Å². The summed E-state index contributed by atoms with van der Waals surface area (Å²) in [4.78, 5) is 11.9. The van der Waals surface area contributed by atoms with Crippen molar-refractivity contribution in [1.82, 2.24) is 10.6 Å². The van der Waals surface area contributed by atoms with Gasteiger partial charge in [0.25, 0.3) is 0 Å². The van der Waals surface area contributed by atoms with Gasteiger partial charge >= 0.3 is 0 Å². The minimum Gasteiger partial charge on any atom is -0.353 e. The Labute approximate surface area is 109 Å². The van der Waals surface area contributed by atoms with Crippen molar-refractivity contribution >= 4 is 5.91 Å². The lowest BCUT2D eigenvalue weighted by Crippen LogP contribution is -2.56. The van der Waals surface area contributed by atoms with E-state index in [4.69, 9.17) is 0 Å². The molecular weight excluding hydrogens is 224 g/mol. The Bertz CT molecular complexity index is 330. The van der Waals surface area contributed by atoms with Crippen LogP contribution in [0, 0.1) is 23.2 Å². The monoisotopic (exact) mass is 248 g/mol. The van der Waals surface area contributed by atoms with E-state index in [0.29, 0.717) is 5.41 Å². The van der Waals surface area contributed by atoms with Gasteiger partial charge in [-0.15, -0.1) is 0 Å². The van der Waals surface area contributed by atoms with Crippen LogP contribution < -0.4 is 10.6 Å². The van der Waals surface area contributed by atoms with Gasteiger partial charge in [0.1, 0.15) is 0 Å². The molecule has 1 saturated heterocycles. The Kier molecular flexibility index (Phi) is 2.48. The molecule has 1 amide bonds. The summed E-state index contributed by atoms with van der Waals surface area (Å²) in [5, 5.41) is 6.45. The van der Waals surface area contributed by atoms with Crippen molar-refractivity contribution in [1.29, 1.82) is 0 Å². The number of hydrogen-bond donors (Lipinski definition) is 2. The van der Waals surface area contributed by atoms with Gasteiger partial charge in [-0.1, -0.05) is 0 Å². The number of nitrogens with one attached hydrogen (secondary N) is 2. The summed E-state index contributed by atoms with van der Waals surface area (Å²) in [7, 11) is 0. The van der Waals surface area contributed by atoms with Gasteiger partial charge < -0.3 is 10.6 Å². The molecular formula is C15H24N2O. The molecule has 5 fully saturated rings. The standard InChI is InChI=1S/C15H24N2O/c18-14-13(16-1-2-17-14)9-15-6-10-3-11(7-15)5-12(4-10)8-15/h10-13,16H,1-9H2,(H,17,18). The number of carbonyl (C=O) groups is 1. The molecule has 4 aliphatic carbocycles. The van der Waals surface area contributed by atoms with E-state index in [1.54, 1.807) is 0 Å². The van der Waals surface area contributed by atoms with Crippen LogP contribution >= 0.6 is 0 Å². The molecule has 3 nitrogen and oxygen atoms in total. The molecule has 1 unspecified atom stereocenters. The van der Waals surface area contributed by atoms with E-state index in [0.717, 1.165) is 37.3 Å². The van der Waals surface area contributed by atoms with Crippen molar-refractivity contribution in [2.24, 2.45) is 23.2 Å². The molecule has 0 aromatic rings. The lowest BCUT2D eigenvalue weighted by atomic mass is 9.48. The molecule has 18 heavy (non-hydrogen) atoms. The number of carbonyl (C=O) groups excluding carboxylic acids is 1. The highest BCUT2D eigenvalue weighted by Gasteiger charge is 2.51. The quantitative estimate of drug-likeness (QED) is 0.780. The van der Waals surface area contributed by atoms with Gasteiger partial charge in [0.15, 0.2) is 0 Å². The van der Waals surface area contributed by atoms with Crippen molar-refractivity contribution in [3.8, 4) is 0 Å². The molecule has 0 radical (unpaired) electrons. The van der Waals surface area contributed by atoms with Crippen LogP contribution in [0.25, 0.3) is 0 Å². The van der Waals surface area contributed by atoms with Crippen molar-refractivity contribution in [3.63, 3.8) is 0 Å². The minimum absolute atomic E-state index is 0.0926. The second kappa shape index (κ2) is 3.96. The topological polar surface area (TPSA) is 41.1 Å². The van der Waals surface area contributed by atoms with Gasteiger partial charge in [0.2, 0.25) is 5.91 Å². The molecule has 1 aliphatic heterocycles. The van der Waals surface area contributed by atoms with Gasteiger partial charge in [-0.05, 0) is 68.1 Å². The number of amides is 1. The predicted octanol–water partition coefficient (Wildman–Crippen LogP) is 1.68. The Morgan fingerprint density at radius 2 is 1.61 bits per heavy atom. The highest BCUT2D eigenvalue weighted by molar-refractivity contribution is 5.82. The first-order valence-corrected chi connectivity index (χ1v) is 7.74. The lowest BCUT2D eigenvalue weighted by Gasteiger charge is -2.57. The number of rotatable bonds is 2. The zero-order valence-corrected chi connectivity index (χ0v) is 11.1. The average molecular weight is 248 g/mol. The average Bonchev–Trinajstić information content (AvgIpc) is 2.30. The van der Waals surface area contributed by atoms with Gasteiger partial charge in [-0.3, -0.25) is 4.79 Å². The first kappa shape index (κ1) is 11.3. The summed E-state index contributed by atoms with van der Waals surface area (Å²) in [5.41, 5.74) is 0.515. The predicted molar refractivity (Wildman–Crippen MR) is 70.0 cm³/mol.